The van der Waals surface area contributed by atoms with Crippen molar-refractivity contribution >= 4 is 15.9 Å². The first kappa shape index (κ1) is 12.1. The van der Waals surface area contributed by atoms with Gasteiger partial charge >= 0.3 is 6.18 Å². The number of alkyl halides is 4. The standard InChI is InChI=1S/C10H7BrF3N/c11-5-8(6-15)7-1-3-9(4-2-7)10(12,13)14/h1-4,8H,5H2/t8-/m0/s1. The lowest BCUT2D eigenvalue weighted by Crippen LogP contribution is -2.05. The Hall–Kier alpha value is -1.02. The minimum Gasteiger partial charge on any atom is -0.198 e. The molecule has 0 unspecified atom stereocenters. The van der Waals surface area contributed by atoms with E-state index in [0.29, 0.717) is 10.9 Å². The zero-order valence-corrected chi connectivity index (χ0v) is 9.14. The predicted molar refractivity (Wildman–Crippen MR) is 53.6 cm³/mol. The summed E-state index contributed by atoms with van der Waals surface area (Å²) >= 11 is 3.13. The van der Waals surface area contributed by atoms with Gasteiger partial charge in [-0.2, -0.15) is 18.4 Å². The minimum atomic E-state index is -4.32. The molecular weight excluding hydrogens is 271 g/mol. The maximum absolute atomic E-state index is 12.2. The van der Waals surface area contributed by atoms with Crippen molar-refractivity contribution in [2.75, 3.05) is 5.33 Å². The molecule has 0 heterocycles. The topological polar surface area (TPSA) is 23.8 Å². The highest BCUT2D eigenvalue weighted by atomic mass is 79.9. The van der Waals surface area contributed by atoms with E-state index in [1.807, 2.05) is 6.07 Å². The van der Waals surface area contributed by atoms with Crippen molar-refractivity contribution in [3.63, 3.8) is 0 Å². The molecule has 0 aliphatic carbocycles. The van der Waals surface area contributed by atoms with Gasteiger partial charge in [0, 0.05) is 5.33 Å². The molecule has 0 amide bonds. The van der Waals surface area contributed by atoms with Crippen LogP contribution in [0.25, 0.3) is 0 Å². The van der Waals surface area contributed by atoms with Gasteiger partial charge in [-0.15, -0.1) is 0 Å². The normalized spacial score (nSPS) is 13.3. The SMILES string of the molecule is N#C[C@H](CBr)c1ccc(C(F)(F)F)cc1. The molecule has 0 saturated carbocycles. The quantitative estimate of drug-likeness (QED) is 0.756. The second-order valence-electron chi connectivity index (χ2n) is 2.96. The highest BCUT2D eigenvalue weighted by molar-refractivity contribution is 9.09. The molecule has 1 atom stereocenters. The van der Waals surface area contributed by atoms with Gasteiger partial charge in [-0.05, 0) is 17.7 Å². The van der Waals surface area contributed by atoms with Crippen LogP contribution in [0, 0.1) is 11.3 Å². The first-order valence-electron chi connectivity index (χ1n) is 4.11. The molecule has 0 aliphatic rings. The third kappa shape index (κ3) is 2.96. The molecule has 5 heteroatoms. The van der Waals surface area contributed by atoms with Crippen molar-refractivity contribution in [2.45, 2.75) is 12.1 Å². The molecule has 0 N–H and O–H groups in total. The van der Waals surface area contributed by atoms with Crippen LogP contribution in [0.3, 0.4) is 0 Å². The fourth-order valence-electron chi connectivity index (χ4n) is 1.10. The monoisotopic (exact) mass is 277 g/mol. The third-order valence-corrected chi connectivity index (χ3v) is 2.60. The number of rotatable bonds is 2. The van der Waals surface area contributed by atoms with Gasteiger partial charge in [0.15, 0.2) is 0 Å². The number of hydrogen-bond donors (Lipinski definition) is 0. The number of nitriles is 1. The first-order valence-corrected chi connectivity index (χ1v) is 5.24. The van der Waals surface area contributed by atoms with Crippen LogP contribution in [-0.2, 0) is 6.18 Å². The van der Waals surface area contributed by atoms with E-state index in [2.05, 4.69) is 15.9 Å². The lowest BCUT2D eigenvalue weighted by atomic mass is 10.0. The molecule has 80 valence electrons. The van der Waals surface area contributed by atoms with Crippen LogP contribution < -0.4 is 0 Å². The van der Waals surface area contributed by atoms with Crippen LogP contribution in [-0.4, -0.2) is 5.33 Å². The van der Waals surface area contributed by atoms with Gasteiger partial charge in [-0.25, -0.2) is 0 Å². The Bertz CT molecular complexity index is 364. The molecule has 15 heavy (non-hydrogen) atoms. The zero-order valence-electron chi connectivity index (χ0n) is 7.55. The van der Waals surface area contributed by atoms with E-state index < -0.39 is 17.7 Å². The number of nitrogens with zero attached hydrogens (tertiary/aromatic N) is 1. The van der Waals surface area contributed by atoms with E-state index in [9.17, 15) is 13.2 Å². The maximum atomic E-state index is 12.2. The Labute approximate surface area is 93.6 Å². The Kier molecular flexibility index (Phi) is 3.75. The van der Waals surface area contributed by atoms with Crippen molar-refractivity contribution in [1.29, 1.82) is 5.26 Å². The van der Waals surface area contributed by atoms with E-state index >= 15 is 0 Å². The fourth-order valence-corrected chi connectivity index (χ4v) is 1.62. The molecule has 0 aliphatic heterocycles. The van der Waals surface area contributed by atoms with E-state index in [0.717, 1.165) is 12.1 Å². The lowest BCUT2D eigenvalue weighted by Gasteiger charge is -2.09. The Balaban J connectivity index is 2.96. The third-order valence-electron chi connectivity index (χ3n) is 1.95. The average Bonchev–Trinajstić information content (AvgIpc) is 2.19. The van der Waals surface area contributed by atoms with Crippen LogP contribution in [0.15, 0.2) is 24.3 Å². The van der Waals surface area contributed by atoms with E-state index in [4.69, 9.17) is 5.26 Å². The first-order chi connectivity index (χ1) is 6.99. The molecule has 0 spiro atoms. The highest BCUT2D eigenvalue weighted by Crippen LogP contribution is 2.30. The van der Waals surface area contributed by atoms with Crippen LogP contribution in [0.4, 0.5) is 13.2 Å². The number of hydrogen-bond acceptors (Lipinski definition) is 1. The molecule has 1 rings (SSSR count). The van der Waals surface area contributed by atoms with Crippen molar-refractivity contribution in [3.8, 4) is 6.07 Å². The van der Waals surface area contributed by atoms with Crippen molar-refractivity contribution in [2.24, 2.45) is 0 Å². The molecule has 0 aromatic heterocycles. The second-order valence-corrected chi connectivity index (χ2v) is 3.60. The average molecular weight is 278 g/mol. The molecular formula is C10H7BrF3N. The number of halogens is 4. The smallest absolute Gasteiger partial charge is 0.198 e. The van der Waals surface area contributed by atoms with Gasteiger partial charge in [0.2, 0.25) is 0 Å². The van der Waals surface area contributed by atoms with Gasteiger partial charge < -0.3 is 0 Å². The van der Waals surface area contributed by atoms with Crippen molar-refractivity contribution in [3.05, 3.63) is 35.4 Å². The van der Waals surface area contributed by atoms with Gasteiger partial charge in [0.1, 0.15) is 0 Å². The van der Waals surface area contributed by atoms with Crippen LogP contribution >= 0.6 is 15.9 Å². The summed E-state index contributed by atoms with van der Waals surface area (Å²) < 4.78 is 36.6. The Morgan fingerprint density at radius 3 is 2.13 bits per heavy atom. The molecule has 0 bridgehead atoms. The summed E-state index contributed by atoms with van der Waals surface area (Å²) in [7, 11) is 0. The summed E-state index contributed by atoms with van der Waals surface area (Å²) in [6.45, 7) is 0. The Morgan fingerprint density at radius 1 is 1.27 bits per heavy atom. The van der Waals surface area contributed by atoms with Crippen LogP contribution in [0.1, 0.15) is 17.0 Å². The predicted octanol–water partition coefficient (Wildman–Crippen LogP) is 3.71. The number of benzene rings is 1. The summed E-state index contributed by atoms with van der Waals surface area (Å²) in [6.07, 6.45) is -4.32. The lowest BCUT2D eigenvalue weighted by molar-refractivity contribution is -0.137. The molecule has 0 saturated heterocycles. The van der Waals surface area contributed by atoms with Crippen molar-refractivity contribution < 1.29 is 13.2 Å². The molecule has 1 nitrogen and oxygen atoms in total. The van der Waals surface area contributed by atoms with E-state index in [1.54, 1.807) is 0 Å². The van der Waals surface area contributed by atoms with Crippen molar-refractivity contribution in [1.82, 2.24) is 0 Å². The Morgan fingerprint density at radius 2 is 1.80 bits per heavy atom. The van der Waals surface area contributed by atoms with Crippen LogP contribution in [0.2, 0.25) is 0 Å². The molecule has 1 aromatic carbocycles. The zero-order chi connectivity index (χ0) is 11.5. The van der Waals surface area contributed by atoms with Gasteiger partial charge in [0.05, 0.1) is 17.6 Å². The van der Waals surface area contributed by atoms with Crippen LogP contribution in [0.5, 0.6) is 0 Å². The van der Waals surface area contributed by atoms with Gasteiger partial charge in [0.25, 0.3) is 0 Å². The minimum absolute atomic E-state index is 0.410. The second kappa shape index (κ2) is 4.67. The van der Waals surface area contributed by atoms with E-state index in [-0.39, 0.29) is 0 Å². The summed E-state index contributed by atoms with van der Waals surface area (Å²) in [6, 6.07) is 6.64. The molecule has 1 aromatic rings. The summed E-state index contributed by atoms with van der Waals surface area (Å²) in [5, 5.41) is 9.12. The summed E-state index contributed by atoms with van der Waals surface area (Å²) in [5.41, 5.74) is -0.111. The van der Waals surface area contributed by atoms with E-state index in [1.165, 1.54) is 12.1 Å². The highest BCUT2D eigenvalue weighted by Gasteiger charge is 2.30. The summed E-state index contributed by atoms with van der Waals surface area (Å²) in [4.78, 5) is 0. The largest absolute Gasteiger partial charge is 0.416 e. The fraction of sp³-hybridized carbons (Fsp3) is 0.300. The van der Waals surface area contributed by atoms with Gasteiger partial charge in [-0.3, -0.25) is 0 Å². The molecule has 0 radical (unpaired) electrons. The maximum Gasteiger partial charge on any atom is 0.416 e. The summed E-state index contributed by atoms with van der Waals surface area (Å²) in [5.74, 6) is -0.410. The van der Waals surface area contributed by atoms with Gasteiger partial charge in [-0.1, -0.05) is 28.1 Å². The molecule has 0 fully saturated rings.